The van der Waals surface area contributed by atoms with Crippen LogP contribution in [0.5, 0.6) is 0 Å². The summed E-state index contributed by atoms with van der Waals surface area (Å²) in [6, 6.07) is 1.27. The quantitative estimate of drug-likeness (QED) is 0.691. The molecule has 3 N–H and O–H groups in total. The summed E-state index contributed by atoms with van der Waals surface area (Å²) < 4.78 is 14.5. The first-order valence-electron chi connectivity index (χ1n) is 3.72. The number of hydrogen-bond donors (Lipinski definition) is 2. The largest absolute Gasteiger partial charge is 0.368 e. The first-order chi connectivity index (χ1) is 6.68. The van der Waals surface area contributed by atoms with Crippen LogP contribution in [0.25, 0.3) is 5.69 Å². The van der Waals surface area contributed by atoms with Gasteiger partial charge in [0.25, 0.3) is 0 Å². The summed E-state index contributed by atoms with van der Waals surface area (Å²) in [6.45, 7) is 0. The van der Waals surface area contributed by atoms with E-state index in [1.165, 1.54) is 16.8 Å². The van der Waals surface area contributed by atoms with Crippen molar-refractivity contribution >= 4 is 18.2 Å². The third-order valence-electron chi connectivity index (χ3n) is 1.65. The first kappa shape index (κ1) is 8.82. The Morgan fingerprint density at radius 3 is 2.86 bits per heavy atom. The van der Waals surface area contributed by atoms with E-state index in [2.05, 4.69) is 15.2 Å². The molecule has 0 aliphatic heterocycles. The van der Waals surface area contributed by atoms with E-state index in [4.69, 9.17) is 18.0 Å². The monoisotopic (exact) mass is 211 g/mol. The molecule has 2 heterocycles. The highest BCUT2D eigenvalue weighted by atomic mass is 32.1. The lowest BCUT2D eigenvalue weighted by molar-refractivity contribution is 0.620. The SMILES string of the molecule is Nc1n[nH]c(=S)n1-c1cncc(F)c1. The molecule has 0 atom stereocenters. The molecule has 14 heavy (non-hydrogen) atoms. The summed E-state index contributed by atoms with van der Waals surface area (Å²) in [7, 11) is 0. The van der Waals surface area contributed by atoms with E-state index < -0.39 is 5.82 Å². The molecule has 0 saturated heterocycles. The summed E-state index contributed by atoms with van der Waals surface area (Å²) in [5, 5.41) is 6.19. The van der Waals surface area contributed by atoms with Crippen molar-refractivity contribution in [1.29, 1.82) is 0 Å². The topological polar surface area (TPSA) is 72.5 Å². The fourth-order valence-electron chi connectivity index (χ4n) is 1.08. The molecule has 7 heteroatoms. The highest BCUT2D eigenvalue weighted by Gasteiger charge is 2.05. The number of nitrogens with two attached hydrogens (primary N) is 1. The normalized spacial score (nSPS) is 10.4. The van der Waals surface area contributed by atoms with Crippen LogP contribution in [0.15, 0.2) is 18.5 Å². The van der Waals surface area contributed by atoms with Crippen molar-refractivity contribution in [1.82, 2.24) is 19.7 Å². The van der Waals surface area contributed by atoms with Gasteiger partial charge in [0.2, 0.25) is 10.7 Å². The van der Waals surface area contributed by atoms with Crippen molar-refractivity contribution in [2.75, 3.05) is 5.73 Å². The van der Waals surface area contributed by atoms with Gasteiger partial charge >= 0.3 is 0 Å². The Morgan fingerprint density at radius 2 is 2.29 bits per heavy atom. The second kappa shape index (κ2) is 3.18. The van der Waals surface area contributed by atoms with Crippen LogP contribution < -0.4 is 5.73 Å². The zero-order chi connectivity index (χ0) is 10.1. The molecule has 0 saturated carbocycles. The Morgan fingerprint density at radius 1 is 1.50 bits per heavy atom. The molecule has 0 amide bonds. The number of rotatable bonds is 1. The third-order valence-corrected chi connectivity index (χ3v) is 1.92. The standard InChI is InChI=1S/C7H6FN5S/c8-4-1-5(3-10-2-4)13-6(9)11-12-7(13)14/h1-3H,(H2,9,11)(H,12,14). The average molecular weight is 211 g/mol. The fraction of sp³-hybridized carbons (Fsp3) is 0. The number of halogens is 1. The zero-order valence-corrected chi connectivity index (χ0v) is 7.75. The Balaban J connectivity index is 2.66. The number of aromatic amines is 1. The van der Waals surface area contributed by atoms with Gasteiger partial charge in [0.15, 0.2) is 0 Å². The minimum Gasteiger partial charge on any atom is -0.368 e. The van der Waals surface area contributed by atoms with Crippen LogP contribution in [0.3, 0.4) is 0 Å². The summed E-state index contributed by atoms with van der Waals surface area (Å²) in [4.78, 5) is 3.68. The summed E-state index contributed by atoms with van der Waals surface area (Å²) in [5.41, 5.74) is 5.97. The third kappa shape index (κ3) is 1.37. The molecule has 2 rings (SSSR count). The number of nitrogens with one attached hydrogen (secondary N) is 1. The van der Waals surface area contributed by atoms with E-state index in [1.54, 1.807) is 0 Å². The van der Waals surface area contributed by atoms with Gasteiger partial charge in [-0.05, 0) is 12.2 Å². The number of hydrogen-bond acceptors (Lipinski definition) is 4. The molecular weight excluding hydrogens is 205 g/mol. The Labute approximate surface area is 83.4 Å². The van der Waals surface area contributed by atoms with Crippen molar-refractivity contribution in [3.8, 4) is 5.69 Å². The summed E-state index contributed by atoms with van der Waals surface area (Å²) >= 11 is 4.91. The lowest BCUT2D eigenvalue weighted by Crippen LogP contribution is -2.01. The number of nitrogen functional groups attached to an aromatic ring is 1. The molecule has 0 aliphatic carbocycles. The first-order valence-corrected chi connectivity index (χ1v) is 4.13. The number of nitrogens with zero attached hydrogens (tertiary/aromatic N) is 3. The van der Waals surface area contributed by atoms with Crippen LogP contribution in [0.4, 0.5) is 10.3 Å². The molecular formula is C7H6FN5S. The van der Waals surface area contributed by atoms with Gasteiger partial charge < -0.3 is 5.73 Å². The Kier molecular flexibility index (Phi) is 2.01. The molecule has 0 radical (unpaired) electrons. The van der Waals surface area contributed by atoms with Crippen molar-refractivity contribution in [3.05, 3.63) is 29.0 Å². The van der Waals surface area contributed by atoms with E-state index in [0.717, 1.165) is 6.20 Å². The molecule has 0 spiro atoms. The number of pyridine rings is 1. The average Bonchev–Trinajstić information content (AvgIpc) is 2.46. The van der Waals surface area contributed by atoms with Gasteiger partial charge in [-0.2, -0.15) is 0 Å². The van der Waals surface area contributed by atoms with E-state index in [9.17, 15) is 4.39 Å². The van der Waals surface area contributed by atoms with Crippen molar-refractivity contribution in [3.63, 3.8) is 0 Å². The zero-order valence-electron chi connectivity index (χ0n) is 6.94. The number of anilines is 1. The maximum absolute atomic E-state index is 12.8. The maximum atomic E-state index is 12.8. The lowest BCUT2D eigenvalue weighted by Gasteiger charge is -2.01. The van der Waals surface area contributed by atoms with Crippen LogP contribution in [0, 0.1) is 10.6 Å². The second-order valence-electron chi connectivity index (χ2n) is 2.58. The summed E-state index contributed by atoms with van der Waals surface area (Å²) in [5.74, 6) is -0.285. The predicted octanol–water partition coefficient (Wildman–Crippen LogP) is 1.05. The van der Waals surface area contributed by atoms with E-state index >= 15 is 0 Å². The highest BCUT2D eigenvalue weighted by Crippen LogP contribution is 2.11. The molecule has 5 nitrogen and oxygen atoms in total. The highest BCUT2D eigenvalue weighted by molar-refractivity contribution is 7.71. The molecule has 0 aromatic carbocycles. The van der Waals surface area contributed by atoms with Gasteiger partial charge in [-0.25, -0.2) is 9.49 Å². The molecule has 0 bridgehead atoms. The molecule has 0 unspecified atom stereocenters. The Hall–Kier alpha value is -1.76. The molecule has 0 fully saturated rings. The second-order valence-corrected chi connectivity index (χ2v) is 2.97. The fourth-order valence-corrected chi connectivity index (χ4v) is 1.33. The van der Waals surface area contributed by atoms with E-state index in [-0.39, 0.29) is 5.95 Å². The van der Waals surface area contributed by atoms with Gasteiger partial charge in [0.1, 0.15) is 5.82 Å². The Bertz CT molecular complexity index is 517. The van der Waals surface area contributed by atoms with Crippen molar-refractivity contribution < 1.29 is 4.39 Å². The van der Waals surface area contributed by atoms with Crippen molar-refractivity contribution in [2.24, 2.45) is 0 Å². The minimum absolute atomic E-state index is 0.169. The van der Waals surface area contributed by atoms with Crippen LogP contribution in [0.1, 0.15) is 0 Å². The van der Waals surface area contributed by atoms with Crippen LogP contribution >= 0.6 is 12.2 Å². The number of aromatic nitrogens is 4. The minimum atomic E-state index is -0.454. The van der Waals surface area contributed by atoms with Gasteiger partial charge in [-0.1, -0.05) is 0 Å². The molecule has 2 aromatic heterocycles. The van der Waals surface area contributed by atoms with Crippen molar-refractivity contribution in [2.45, 2.75) is 0 Å². The predicted molar refractivity (Wildman–Crippen MR) is 50.9 cm³/mol. The van der Waals surface area contributed by atoms with E-state index in [1.807, 2.05) is 0 Å². The molecule has 0 aliphatic rings. The van der Waals surface area contributed by atoms with E-state index in [0.29, 0.717) is 10.5 Å². The maximum Gasteiger partial charge on any atom is 0.225 e. The summed E-state index contributed by atoms with van der Waals surface area (Å²) in [6.07, 6.45) is 2.55. The smallest absolute Gasteiger partial charge is 0.225 e. The van der Waals surface area contributed by atoms with Crippen LogP contribution in [-0.4, -0.2) is 19.7 Å². The van der Waals surface area contributed by atoms with Gasteiger partial charge in [-0.3, -0.25) is 9.55 Å². The van der Waals surface area contributed by atoms with Gasteiger partial charge in [0, 0.05) is 6.07 Å². The number of H-pyrrole nitrogens is 1. The molecule has 2 aromatic rings. The lowest BCUT2D eigenvalue weighted by atomic mass is 10.4. The van der Waals surface area contributed by atoms with Crippen LogP contribution in [-0.2, 0) is 0 Å². The van der Waals surface area contributed by atoms with Gasteiger partial charge in [-0.15, -0.1) is 5.10 Å². The molecule has 72 valence electrons. The van der Waals surface area contributed by atoms with Gasteiger partial charge in [0.05, 0.1) is 18.1 Å². The van der Waals surface area contributed by atoms with Crippen LogP contribution in [0.2, 0.25) is 0 Å².